The third kappa shape index (κ3) is 4.49. The fourth-order valence-electron chi connectivity index (χ4n) is 1.65. The number of carbonyl (C=O) groups is 1. The predicted molar refractivity (Wildman–Crippen MR) is 64.4 cm³/mol. The zero-order valence-electron chi connectivity index (χ0n) is 10.9. The molecule has 1 amide bonds. The van der Waals surface area contributed by atoms with Crippen LogP contribution in [0.15, 0.2) is 0 Å². The average Bonchev–Trinajstić information content (AvgIpc) is 2.25. The molecule has 94 valence electrons. The summed E-state index contributed by atoms with van der Waals surface area (Å²) < 4.78 is 5.54. The third-order valence-electron chi connectivity index (χ3n) is 2.72. The Hall–Kier alpha value is -0.610. The Balaban J connectivity index is 2.36. The van der Waals surface area contributed by atoms with E-state index in [1.165, 1.54) is 0 Å². The zero-order chi connectivity index (χ0) is 12.2. The summed E-state index contributed by atoms with van der Waals surface area (Å²) in [6.45, 7) is 10.8. The molecule has 1 unspecified atom stereocenters. The Labute approximate surface area is 98.3 Å². The van der Waals surface area contributed by atoms with E-state index < -0.39 is 0 Å². The molecule has 0 spiro atoms. The molecule has 1 N–H and O–H groups in total. The van der Waals surface area contributed by atoms with Crippen LogP contribution >= 0.6 is 0 Å². The summed E-state index contributed by atoms with van der Waals surface area (Å²) in [6.07, 6.45) is 1.18. The Morgan fingerprint density at radius 3 is 2.75 bits per heavy atom. The first kappa shape index (κ1) is 13.5. The largest absolute Gasteiger partial charge is 0.375 e. The number of ether oxygens (including phenoxy) is 1. The standard InChI is InChI=1S/C12H24N2O2/c1-5-10-9-14(6-7-16-10)11(15)8-13-12(2,3)4/h10,13H,5-9H2,1-4H3. The van der Waals surface area contributed by atoms with Gasteiger partial charge in [0.15, 0.2) is 0 Å². The first-order valence-corrected chi connectivity index (χ1v) is 6.07. The first-order chi connectivity index (χ1) is 7.42. The maximum Gasteiger partial charge on any atom is 0.236 e. The van der Waals surface area contributed by atoms with E-state index >= 15 is 0 Å². The van der Waals surface area contributed by atoms with Crippen LogP contribution in [0.25, 0.3) is 0 Å². The van der Waals surface area contributed by atoms with Gasteiger partial charge in [-0.3, -0.25) is 4.79 Å². The monoisotopic (exact) mass is 228 g/mol. The molecule has 0 radical (unpaired) electrons. The minimum Gasteiger partial charge on any atom is -0.375 e. The summed E-state index contributed by atoms with van der Waals surface area (Å²) in [6, 6.07) is 0. The van der Waals surface area contributed by atoms with Crippen molar-refractivity contribution in [3.05, 3.63) is 0 Å². The fraction of sp³-hybridized carbons (Fsp3) is 0.917. The van der Waals surface area contributed by atoms with Gasteiger partial charge in [0, 0.05) is 18.6 Å². The summed E-state index contributed by atoms with van der Waals surface area (Å²) in [7, 11) is 0. The van der Waals surface area contributed by atoms with Gasteiger partial charge in [-0.15, -0.1) is 0 Å². The van der Waals surface area contributed by atoms with Gasteiger partial charge in [-0.2, -0.15) is 0 Å². The molecule has 1 saturated heterocycles. The Bertz CT molecular complexity index is 236. The van der Waals surface area contributed by atoms with Crippen LogP contribution in [-0.2, 0) is 9.53 Å². The summed E-state index contributed by atoms with van der Waals surface area (Å²) in [5, 5.41) is 3.22. The smallest absolute Gasteiger partial charge is 0.236 e. The molecule has 1 fully saturated rings. The number of nitrogens with zero attached hydrogens (tertiary/aromatic N) is 1. The maximum atomic E-state index is 11.9. The molecule has 1 heterocycles. The number of carbonyl (C=O) groups excluding carboxylic acids is 1. The number of hydrogen-bond donors (Lipinski definition) is 1. The number of hydrogen-bond acceptors (Lipinski definition) is 3. The lowest BCUT2D eigenvalue weighted by atomic mass is 10.1. The third-order valence-corrected chi connectivity index (χ3v) is 2.72. The summed E-state index contributed by atoms with van der Waals surface area (Å²) in [4.78, 5) is 13.8. The highest BCUT2D eigenvalue weighted by Gasteiger charge is 2.23. The highest BCUT2D eigenvalue weighted by Crippen LogP contribution is 2.08. The molecule has 1 aliphatic rings. The molecule has 0 aromatic carbocycles. The number of nitrogens with one attached hydrogen (secondary N) is 1. The summed E-state index contributed by atoms with van der Waals surface area (Å²) in [5.41, 5.74) is -0.00783. The first-order valence-electron chi connectivity index (χ1n) is 6.07. The number of rotatable bonds is 3. The van der Waals surface area contributed by atoms with Crippen LogP contribution in [0.2, 0.25) is 0 Å². The molecular formula is C12H24N2O2. The van der Waals surface area contributed by atoms with E-state index in [2.05, 4.69) is 33.0 Å². The van der Waals surface area contributed by atoms with Crippen molar-refractivity contribution < 1.29 is 9.53 Å². The minimum absolute atomic E-state index is 0.00783. The molecule has 1 rings (SSSR count). The molecule has 1 aliphatic heterocycles. The van der Waals surface area contributed by atoms with Crippen LogP contribution in [-0.4, -0.2) is 48.7 Å². The quantitative estimate of drug-likeness (QED) is 0.784. The predicted octanol–water partition coefficient (Wildman–Crippen LogP) is 1.01. The SMILES string of the molecule is CCC1CN(C(=O)CNC(C)(C)C)CCO1. The van der Waals surface area contributed by atoms with Crippen LogP contribution in [0.4, 0.5) is 0 Å². The second-order valence-electron chi connectivity index (χ2n) is 5.34. The van der Waals surface area contributed by atoms with Gasteiger partial charge < -0.3 is 15.0 Å². The fourth-order valence-corrected chi connectivity index (χ4v) is 1.65. The van der Waals surface area contributed by atoms with Crippen molar-refractivity contribution in [1.82, 2.24) is 10.2 Å². The van der Waals surface area contributed by atoms with E-state index in [0.717, 1.165) is 19.5 Å². The van der Waals surface area contributed by atoms with Crippen LogP contribution < -0.4 is 5.32 Å². The zero-order valence-corrected chi connectivity index (χ0v) is 10.9. The van der Waals surface area contributed by atoms with Crippen molar-refractivity contribution in [2.45, 2.75) is 45.8 Å². The van der Waals surface area contributed by atoms with E-state index in [4.69, 9.17) is 4.74 Å². The lowest BCUT2D eigenvalue weighted by molar-refractivity contribution is -0.138. The van der Waals surface area contributed by atoms with Gasteiger partial charge in [0.05, 0.1) is 19.3 Å². The second-order valence-corrected chi connectivity index (χ2v) is 5.34. The second kappa shape index (κ2) is 5.64. The molecule has 1 atom stereocenters. The van der Waals surface area contributed by atoms with Gasteiger partial charge in [-0.1, -0.05) is 6.92 Å². The number of amides is 1. The minimum atomic E-state index is -0.00783. The Morgan fingerprint density at radius 1 is 1.50 bits per heavy atom. The maximum absolute atomic E-state index is 11.9. The Kier molecular flexibility index (Phi) is 4.74. The van der Waals surface area contributed by atoms with Gasteiger partial charge >= 0.3 is 0 Å². The molecule has 4 heteroatoms. The van der Waals surface area contributed by atoms with E-state index in [1.807, 2.05) is 4.90 Å². The lowest BCUT2D eigenvalue weighted by Gasteiger charge is -2.33. The molecular weight excluding hydrogens is 204 g/mol. The molecule has 16 heavy (non-hydrogen) atoms. The molecule has 0 bridgehead atoms. The van der Waals surface area contributed by atoms with Crippen molar-refractivity contribution in [3.8, 4) is 0 Å². The van der Waals surface area contributed by atoms with Gasteiger partial charge in [0.1, 0.15) is 0 Å². The normalized spacial score (nSPS) is 22.2. The molecule has 0 aromatic rings. The topological polar surface area (TPSA) is 41.6 Å². The Morgan fingerprint density at radius 2 is 2.19 bits per heavy atom. The van der Waals surface area contributed by atoms with Crippen LogP contribution in [0.1, 0.15) is 34.1 Å². The van der Waals surface area contributed by atoms with Crippen molar-refractivity contribution in [2.75, 3.05) is 26.2 Å². The lowest BCUT2D eigenvalue weighted by Crippen LogP contribution is -2.50. The molecule has 0 saturated carbocycles. The molecule has 4 nitrogen and oxygen atoms in total. The average molecular weight is 228 g/mol. The highest BCUT2D eigenvalue weighted by molar-refractivity contribution is 5.78. The van der Waals surface area contributed by atoms with Gasteiger partial charge in [-0.05, 0) is 27.2 Å². The van der Waals surface area contributed by atoms with Gasteiger partial charge in [-0.25, -0.2) is 0 Å². The summed E-state index contributed by atoms with van der Waals surface area (Å²) >= 11 is 0. The van der Waals surface area contributed by atoms with E-state index in [9.17, 15) is 4.79 Å². The molecule has 0 aromatic heterocycles. The van der Waals surface area contributed by atoms with Crippen molar-refractivity contribution in [2.24, 2.45) is 0 Å². The van der Waals surface area contributed by atoms with Crippen molar-refractivity contribution >= 4 is 5.91 Å². The van der Waals surface area contributed by atoms with Crippen LogP contribution in [0.3, 0.4) is 0 Å². The van der Waals surface area contributed by atoms with Gasteiger partial charge in [0.2, 0.25) is 5.91 Å². The van der Waals surface area contributed by atoms with Crippen LogP contribution in [0, 0.1) is 0 Å². The van der Waals surface area contributed by atoms with E-state index in [0.29, 0.717) is 13.2 Å². The summed E-state index contributed by atoms with van der Waals surface area (Å²) in [5.74, 6) is 0.177. The number of morpholine rings is 1. The highest BCUT2D eigenvalue weighted by atomic mass is 16.5. The van der Waals surface area contributed by atoms with Gasteiger partial charge in [0.25, 0.3) is 0 Å². The van der Waals surface area contributed by atoms with Crippen LogP contribution in [0.5, 0.6) is 0 Å². The van der Waals surface area contributed by atoms with Crippen molar-refractivity contribution in [3.63, 3.8) is 0 Å². The molecule has 0 aliphatic carbocycles. The van der Waals surface area contributed by atoms with E-state index in [-0.39, 0.29) is 17.6 Å². The van der Waals surface area contributed by atoms with Crippen molar-refractivity contribution in [1.29, 1.82) is 0 Å². The van der Waals surface area contributed by atoms with E-state index in [1.54, 1.807) is 0 Å².